The van der Waals surface area contributed by atoms with Crippen LogP contribution in [0, 0.1) is 12.8 Å². The molecule has 0 atom stereocenters. The van der Waals surface area contributed by atoms with Crippen LogP contribution in [0.3, 0.4) is 0 Å². The average Bonchev–Trinajstić information content (AvgIpc) is 2.87. The van der Waals surface area contributed by atoms with Crippen LogP contribution in [0.2, 0.25) is 0 Å². The summed E-state index contributed by atoms with van der Waals surface area (Å²) in [7, 11) is 1.62. The van der Waals surface area contributed by atoms with Crippen molar-refractivity contribution in [2.24, 2.45) is 5.92 Å². The molecule has 22 heavy (non-hydrogen) atoms. The molecule has 2 aromatic rings. The van der Waals surface area contributed by atoms with Gasteiger partial charge in [0, 0.05) is 12.6 Å². The zero-order chi connectivity index (χ0) is 15.5. The zero-order valence-corrected chi connectivity index (χ0v) is 12.9. The molecule has 0 bridgehead atoms. The van der Waals surface area contributed by atoms with E-state index in [1.165, 1.54) is 19.3 Å². The molecule has 1 aromatic heterocycles. The first-order chi connectivity index (χ1) is 10.7. The highest BCUT2D eigenvalue weighted by Gasteiger charge is 2.21. The van der Waals surface area contributed by atoms with E-state index < -0.39 is 0 Å². The van der Waals surface area contributed by atoms with E-state index in [0.29, 0.717) is 11.6 Å². The molecule has 0 saturated heterocycles. The van der Waals surface area contributed by atoms with Crippen LogP contribution in [0.15, 0.2) is 24.3 Å². The molecular weight excluding hydrogens is 280 g/mol. The van der Waals surface area contributed by atoms with E-state index in [0.717, 1.165) is 23.7 Å². The number of methoxy groups -OCH3 is 1. The van der Waals surface area contributed by atoms with Crippen molar-refractivity contribution < 1.29 is 9.53 Å². The molecule has 1 N–H and O–H groups in total. The minimum absolute atomic E-state index is 0.154. The van der Waals surface area contributed by atoms with E-state index in [1.54, 1.807) is 11.8 Å². The zero-order valence-electron chi connectivity index (χ0n) is 12.9. The first-order valence-corrected chi connectivity index (χ1v) is 7.54. The van der Waals surface area contributed by atoms with E-state index in [4.69, 9.17) is 4.74 Å². The van der Waals surface area contributed by atoms with Gasteiger partial charge >= 0.3 is 0 Å². The third-order valence-corrected chi connectivity index (χ3v) is 4.18. The molecule has 1 aromatic carbocycles. The minimum Gasteiger partial charge on any atom is -0.497 e. The van der Waals surface area contributed by atoms with Crippen molar-refractivity contribution in [2.45, 2.75) is 26.2 Å². The highest BCUT2D eigenvalue weighted by atomic mass is 16.5. The summed E-state index contributed by atoms with van der Waals surface area (Å²) in [6.07, 6.45) is 3.68. The number of carbonyl (C=O) groups excluding carboxylic acids is 1. The lowest BCUT2D eigenvalue weighted by Crippen LogP contribution is -2.32. The highest BCUT2D eigenvalue weighted by molar-refractivity contribution is 5.93. The van der Waals surface area contributed by atoms with E-state index >= 15 is 0 Å². The fraction of sp³-hybridized carbons (Fsp3) is 0.438. The first kappa shape index (κ1) is 14.6. The molecular formula is C16H20N4O2. The van der Waals surface area contributed by atoms with Crippen LogP contribution in [0.5, 0.6) is 5.75 Å². The number of benzene rings is 1. The molecule has 0 radical (unpaired) electrons. The lowest BCUT2D eigenvalue weighted by Gasteiger charge is -2.25. The van der Waals surface area contributed by atoms with E-state index in [1.807, 2.05) is 31.2 Å². The van der Waals surface area contributed by atoms with Gasteiger partial charge in [-0.1, -0.05) is 17.7 Å². The van der Waals surface area contributed by atoms with Crippen molar-refractivity contribution in [3.8, 4) is 11.4 Å². The van der Waals surface area contributed by atoms with Crippen LogP contribution in [-0.4, -0.2) is 34.6 Å². The largest absolute Gasteiger partial charge is 0.497 e. The quantitative estimate of drug-likeness (QED) is 0.918. The Morgan fingerprint density at radius 1 is 1.45 bits per heavy atom. The van der Waals surface area contributed by atoms with Gasteiger partial charge in [0.25, 0.3) is 5.91 Å². The topological polar surface area (TPSA) is 69.0 Å². The van der Waals surface area contributed by atoms with Crippen LogP contribution < -0.4 is 10.1 Å². The van der Waals surface area contributed by atoms with E-state index in [9.17, 15) is 4.79 Å². The van der Waals surface area contributed by atoms with Gasteiger partial charge in [0.15, 0.2) is 5.69 Å². The van der Waals surface area contributed by atoms with Gasteiger partial charge in [-0.05, 0) is 37.8 Å². The molecule has 6 heteroatoms. The van der Waals surface area contributed by atoms with Crippen molar-refractivity contribution in [1.82, 2.24) is 20.3 Å². The molecule has 0 spiro atoms. The Hall–Kier alpha value is -2.37. The summed E-state index contributed by atoms with van der Waals surface area (Å²) in [5.41, 5.74) is 1.92. The van der Waals surface area contributed by atoms with Crippen LogP contribution >= 0.6 is 0 Å². The summed E-state index contributed by atoms with van der Waals surface area (Å²) in [4.78, 5) is 12.2. The molecule has 1 amide bonds. The Balaban J connectivity index is 1.76. The number of hydrogen-bond donors (Lipinski definition) is 1. The van der Waals surface area contributed by atoms with Gasteiger partial charge in [0.2, 0.25) is 0 Å². The minimum atomic E-state index is -0.154. The SMILES string of the molecule is COc1cccc(-n2nnc(C(=O)NCC3CCC3)c2C)c1. The molecule has 1 fully saturated rings. The van der Waals surface area contributed by atoms with Gasteiger partial charge in [0.1, 0.15) is 5.75 Å². The average molecular weight is 300 g/mol. The van der Waals surface area contributed by atoms with Gasteiger partial charge in [-0.2, -0.15) is 0 Å². The molecule has 0 unspecified atom stereocenters. The van der Waals surface area contributed by atoms with Crippen LogP contribution in [0.25, 0.3) is 5.69 Å². The molecule has 1 aliphatic rings. The molecule has 3 rings (SSSR count). The molecule has 1 saturated carbocycles. The van der Waals surface area contributed by atoms with Gasteiger partial charge < -0.3 is 10.1 Å². The Kier molecular flexibility index (Phi) is 4.09. The summed E-state index contributed by atoms with van der Waals surface area (Å²) in [5, 5.41) is 11.1. The highest BCUT2D eigenvalue weighted by Crippen LogP contribution is 2.25. The second-order valence-corrected chi connectivity index (χ2v) is 5.64. The summed E-state index contributed by atoms with van der Waals surface area (Å²) >= 11 is 0. The second kappa shape index (κ2) is 6.17. The molecule has 116 valence electrons. The van der Waals surface area contributed by atoms with Crippen LogP contribution in [0.4, 0.5) is 0 Å². The fourth-order valence-electron chi connectivity index (χ4n) is 2.54. The second-order valence-electron chi connectivity index (χ2n) is 5.64. The maximum atomic E-state index is 12.2. The van der Waals surface area contributed by atoms with Crippen LogP contribution in [0.1, 0.15) is 35.4 Å². The summed E-state index contributed by atoms with van der Waals surface area (Å²) < 4.78 is 6.87. The Bertz CT molecular complexity index is 677. The van der Waals surface area contributed by atoms with Crippen molar-refractivity contribution in [2.75, 3.05) is 13.7 Å². The van der Waals surface area contributed by atoms with Crippen molar-refractivity contribution in [3.05, 3.63) is 35.7 Å². The molecule has 1 heterocycles. The van der Waals surface area contributed by atoms with Crippen LogP contribution in [-0.2, 0) is 0 Å². The fourth-order valence-corrected chi connectivity index (χ4v) is 2.54. The van der Waals surface area contributed by atoms with E-state index in [2.05, 4.69) is 15.6 Å². The maximum Gasteiger partial charge on any atom is 0.273 e. The number of ether oxygens (including phenoxy) is 1. The third-order valence-electron chi connectivity index (χ3n) is 4.18. The first-order valence-electron chi connectivity index (χ1n) is 7.54. The molecule has 0 aliphatic heterocycles. The Labute approximate surface area is 129 Å². The standard InChI is InChI=1S/C16H20N4O2/c1-11-15(16(21)17-10-12-5-3-6-12)18-19-20(11)13-7-4-8-14(9-13)22-2/h4,7-9,12H,3,5-6,10H2,1-2H3,(H,17,21). The Morgan fingerprint density at radius 2 is 2.27 bits per heavy atom. The molecule has 1 aliphatic carbocycles. The van der Waals surface area contributed by atoms with Crippen molar-refractivity contribution >= 4 is 5.91 Å². The molecule has 6 nitrogen and oxygen atoms in total. The smallest absolute Gasteiger partial charge is 0.273 e. The van der Waals surface area contributed by atoms with Crippen molar-refractivity contribution in [3.63, 3.8) is 0 Å². The lowest BCUT2D eigenvalue weighted by atomic mass is 9.85. The predicted octanol–water partition coefficient (Wildman–Crippen LogP) is 2.11. The van der Waals surface area contributed by atoms with Gasteiger partial charge in [-0.25, -0.2) is 4.68 Å². The number of nitrogens with one attached hydrogen (secondary N) is 1. The van der Waals surface area contributed by atoms with E-state index in [-0.39, 0.29) is 5.91 Å². The predicted molar refractivity (Wildman–Crippen MR) is 82.3 cm³/mol. The summed E-state index contributed by atoms with van der Waals surface area (Å²) in [6, 6.07) is 7.51. The third kappa shape index (κ3) is 2.81. The number of aromatic nitrogens is 3. The van der Waals surface area contributed by atoms with Crippen molar-refractivity contribution in [1.29, 1.82) is 0 Å². The van der Waals surface area contributed by atoms with Gasteiger partial charge in [-0.3, -0.25) is 4.79 Å². The Morgan fingerprint density at radius 3 is 2.95 bits per heavy atom. The lowest BCUT2D eigenvalue weighted by molar-refractivity contribution is 0.0933. The normalized spacial score (nSPS) is 14.5. The summed E-state index contributed by atoms with van der Waals surface area (Å²) in [5.74, 6) is 1.21. The van der Waals surface area contributed by atoms with Gasteiger partial charge in [0.05, 0.1) is 18.5 Å². The number of rotatable bonds is 5. The van der Waals surface area contributed by atoms with Gasteiger partial charge in [-0.15, -0.1) is 5.10 Å². The monoisotopic (exact) mass is 300 g/mol. The number of nitrogens with zero attached hydrogens (tertiary/aromatic N) is 3. The summed E-state index contributed by atoms with van der Waals surface area (Å²) in [6.45, 7) is 2.57. The maximum absolute atomic E-state index is 12.2. The number of hydrogen-bond acceptors (Lipinski definition) is 4. The number of carbonyl (C=O) groups is 1. The number of amides is 1.